The molecule has 8 saturated heterocycles. The molecule has 6 aromatic rings. The highest BCUT2D eigenvalue weighted by molar-refractivity contribution is 6.10. The van der Waals surface area contributed by atoms with E-state index in [1.54, 1.807) is 24.1 Å². The second-order valence-corrected chi connectivity index (χ2v) is 25.8. The molecule has 8 heterocycles. The van der Waals surface area contributed by atoms with E-state index in [4.69, 9.17) is 24.7 Å². The molecule has 14 rings (SSSR count). The number of amides is 6. The fourth-order valence-corrected chi connectivity index (χ4v) is 16.2. The van der Waals surface area contributed by atoms with E-state index in [9.17, 15) is 29.3 Å². The normalized spacial score (nSPS) is 25.3. The molecule has 0 aromatic heterocycles. The number of nitrogens with zero attached hydrogens (tertiary/aromatic N) is 11. The summed E-state index contributed by atoms with van der Waals surface area (Å²) in [5, 5.41) is 16.2. The van der Waals surface area contributed by atoms with Gasteiger partial charge in [-0.2, -0.15) is 0 Å². The van der Waals surface area contributed by atoms with Crippen LogP contribution in [0.5, 0.6) is 11.5 Å². The summed E-state index contributed by atoms with van der Waals surface area (Å²) in [4.78, 5) is 89.3. The average molecular weight is 1230 g/mol. The van der Waals surface area contributed by atoms with Crippen molar-refractivity contribution in [2.75, 3.05) is 163 Å². The minimum absolute atomic E-state index is 0.0280. The van der Waals surface area contributed by atoms with Gasteiger partial charge in [0.15, 0.2) is 5.75 Å². The molecule has 474 valence electrons. The SMILES string of the molecule is COc1ccc(CN2C[C@H]3C[C@H](c4ccc(N(C)C)c5ccccc45)N4C(=O)N(CCN5CCOCC5)C(=O)[C@]34C2)cc1N.COc1ccc(CN2C[C@H]3C[C@H](c4ccc(N(C)C)c5ccccc45)N4C(=O)N(CCN5CCOCC5)C(=O)[C@]34C2)cc1[N+](=O)[O-]. The van der Waals surface area contributed by atoms with E-state index in [0.717, 1.165) is 94.3 Å². The van der Waals surface area contributed by atoms with Crippen LogP contribution in [-0.4, -0.2) is 226 Å². The number of morpholine rings is 2. The van der Waals surface area contributed by atoms with Crippen LogP contribution in [0, 0.1) is 22.0 Å². The van der Waals surface area contributed by atoms with Crippen LogP contribution in [0.25, 0.3) is 21.5 Å². The summed E-state index contributed by atoms with van der Waals surface area (Å²) in [6.45, 7) is 11.2. The lowest BCUT2D eigenvalue weighted by Crippen LogP contribution is -2.51. The van der Waals surface area contributed by atoms with Crippen molar-refractivity contribution in [3.05, 3.63) is 142 Å². The molecule has 6 amide bonds. The van der Waals surface area contributed by atoms with Gasteiger partial charge in [0.05, 0.1) is 63.3 Å². The van der Waals surface area contributed by atoms with Gasteiger partial charge >= 0.3 is 17.7 Å². The highest BCUT2D eigenvalue weighted by atomic mass is 16.6. The monoisotopic (exact) mass is 1230 g/mol. The van der Waals surface area contributed by atoms with Crippen molar-refractivity contribution in [2.24, 2.45) is 11.8 Å². The van der Waals surface area contributed by atoms with Gasteiger partial charge in [0.1, 0.15) is 16.8 Å². The van der Waals surface area contributed by atoms with Gasteiger partial charge < -0.3 is 44.3 Å². The maximum atomic E-state index is 14.6. The molecule has 22 heteroatoms. The van der Waals surface area contributed by atoms with Crippen LogP contribution >= 0.6 is 0 Å². The number of fused-ring (bicyclic) bond motifs is 2. The van der Waals surface area contributed by atoms with E-state index in [2.05, 4.69) is 104 Å². The number of urea groups is 2. The first-order valence-electron chi connectivity index (χ1n) is 31.5. The zero-order valence-electron chi connectivity index (χ0n) is 52.4. The maximum Gasteiger partial charge on any atom is 0.328 e. The molecule has 2 N–H and O–H groups in total. The first kappa shape index (κ1) is 60.8. The van der Waals surface area contributed by atoms with Gasteiger partial charge in [0.25, 0.3) is 11.8 Å². The van der Waals surface area contributed by atoms with E-state index in [0.29, 0.717) is 103 Å². The summed E-state index contributed by atoms with van der Waals surface area (Å²) in [5.41, 5.74) is 11.1. The smallest absolute Gasteiger partial charge is 0.328 e. The number of hydrogen-bond donors (Lipinski definition) is 1. The number of carbonyl (C=O) groups excluding carboxylic acids is 4. The van der Waals surface area contributed by atoms with Crippen molar-refractivity contribution in [3.8, 4) is 11.5 Å². The van der Waals surface area contributed by atoms with Crippen molar-refractivity contribution in [2.45, 2.75) is 49.1 Å². The Bertz CT molecular complexity index is 3760. The minimum Gasteiger partial charge on any atom is -0.495 e. The van der Waals surface area contributed by atoms with Gasteiger partial charge in [-0.05, 0) is 76.2 Å². The molecular weight excluding hydrogens is 1140 g/mol. The number of nitro groups is 1. The predicted molar refractivity (Wildman–Crippen MR) is 344 cm³/mol. The molecule has 0 saturated carbocycles. The molecule has 8 aliphatic rings. The van der Waals surface area contributed by atoms with E-state index in [1.807, 2.05) is 60.3 Å². The topological polar surface area (TPSA) is 207 Å². The summed E-state index contributed by atoms with van der Waals surface area (Å²) < 4.78 is 21.6. The van der Waals surface area contributed by atoms with Crippen molar-refractivity contribution in [3.63, 3.8) is 0 Å². The molecule has 2 spiro atoms. The predicted octanol–water partition coefficient (Wildman–Crippen LogP) is 7.14. The highest BCUT2D eigenvalue weighted by Gasteiger charge is 2.72. The third-order valence-electron chi connectivity index (χ3n) is 20.4. The lowest BCUT2D eigenvalue weighted by Gasteiger charge is -2.32. The van der Waals surface area contributed by atoms with E-state index in [-0.39, 0.29) is 59.2 Å². The molecule has 8 fully saturated rings. The molecule has 6 aromatic carbocycles. The van der Waals surface area contributed by atoms with E-state index >= 15 is 0 Å². The van der Waals surface area contributed by atoms with Gasteiger partial charge in [-0.15, -0.1) is 0 Å². The Labute approximate surface area is 525 Å². The van der Waals surface area contributed by atoms with Crippen LogP contribution in [0.3, 0.4) is 0 Å². The quantitative estimate of drug-likeness (QED) is 0.0417. The summed E-state index contributed by atoms with van der Waals surface area (Å²) in [5.74, 6) is 0.632. The fourth-order valence-electron chi connectivity index (χ4n) is 16.2. The van der Waals surface area contributed by atoms with Gasteiger partial charge in [-0.25, -0.2) is 9.59 Å². The molecular formula is C68H82N12O10. The first-order chi connectivity index (χ1) is 43.5. The van der Waals surface area contributed by atoms with Crippen LogP contribution in [0.4, 0.5) is 32.3 Å². The van der Waals surface area contributed by atoms with E-state index < -0.39 is 16.0 Å². The molecule has 0 aliphatic carbocycles. The summed E-state index contributed by atoms with van der Waals surface area (Å²) in [6, 6.07) is 35.3. The van der Waals surface area contributed by atoms with Gasteiger partial charge in [-0.1, -0.05) is 72.8 Å². The molecule has 8 aliphatic heterocycles. The van der Waals surface area contributed by atoms with Crippen molar-refractivity contribution in [1.29, 1.82) is 0 Å². The fraction of sp³-hybridized carbons (Fsp3) is 0.471. The van der Waals surface area contributed by atoms with Crippen LogP contribution < -0.4 is 25.0 Å². The number of nitrogens with two attached hydrogens (primary N) is 1. The van der Waals surface area contributed by atoms with E-state index in [1.165, 1.54) is 12.0 Å². The molecule has 0 radical (unpaired) electrons. The standard InChI is InChI=1S/C34H40N6O6.C34H42N6O4/c1-35(2)28-10-9-27(25-6-4-5-7-26(25)28)29-19-24-21-37(20-23-8-11-31(45-3)30(18-23)40(43)44)22-34(24)32(41)38(33(42)39(29)34)13-12-36-14-16-46-17-15-36;1-36(2)29-10-9-27(25-6-4-5-7-26(25)29)30-19-24-21-38(20-23-8-11-31(43-3)28(35)18-23)22-34(24)32(41)39(33(42)40(30)34)13-12-37-14-16-44-17-15-37/h4-11,18,24,29H,12-17,19-22H2,1-3H3;4-11,18,24,30H,12-17,19-22,35H2,1-3H3/t24-,29-,34+;24-,30-,34+/m11/s1. The number of nitrogen functional groups attached to an aromatic ring is 1. The lowest BCUT2D eigenvalue weighted by molar-refractivity contribution is -0.385. The Kier molecular flexibility index (Phi) is 16.6. The molecule has 0 bridgehead atoms. The van der Waals surface area contributed by atoms with Crippen molar-refractivity contribution >= 4 is 68.2 Å². The van der Waals surface area contributed by atoms with Crippen LogP contribution in [0.1, 0.15) is 47.2 Å². The lowest BCUT2D eigenvalue weighted by atomic mass is 9.87. The van der Waals surface area contributed by atoms with Gasteiger partial charge in [-0.3, -0.25) is 49.1 Å². The number of carbonyl (C=O) groups is 4. The Morgan fingerprint density at radius 1 is 0.556 bits per heavy atom. The minimum atomic E-state index is -0.994. The number of ether oxygens (including phenoxy) is 4. The zero-order valence-corrected chi connectivity index (χ0v) is 52.4. The number of rotatable bonds is 17. The number of imide groups is 2. The van der Waals surface area contributed by atoms with Crippen LogP contribution in [0.2, 0.25) is 0 Å². The van der Waals surface area contributed by atoms with Crippen molar-refractivity contribution < 1.29 is 43.0 Å². The Morgan fingerprint density at radius 2 is 0.978 bits per heavy atom. The molecule has 90 heavy (non-hydrogen) atoms. The number of methoxy groups -OCH3 is 2. The Morgan fingerprint density at radius 3 is 1.39 bits per heavy atom. The second kappa shape index (κ2) is 24.6. The number of hydrogen-bond acceptors (Lipinski definition) is 17. The highest BCUT2D eigenvalue weighted by Crippen LogP contribution is 2.58. The summed E-state index contributed by atoms with van der Waals surface area (Å²) in [6.07, 6.45) is 1.42. The van der Waals surface area contributed by atoms with Crippen LogP contribution in [-0.2, 0) is 32.2 Å². The second-order valence-electron chi connectivity index (χ2n) is 25.8. The maximum absolute atomic E-state index is 14.6. The molecule has 22 nitrogen and oxygen atoms in total. The summed E-state index contributed by atoms with van der Waals surface area (Å²) >= 11 is 0. The Hall–Kier alpha value is -8.12. The number of likely N-dealkylation sites (tertiary alicyclic amines) is 2. The first-order valence-corrected chi connectivity index (χ1v) is 31.5. The van der Waals surface area contributed by atoms with Gasteiger partial charge in [0, 0.05) is 160 Å². The largest absolute Gasteiger partial charge is 0.495 e. The average Bonchev–Trinajstić information content (AvgIpc) is 1.54. The zero-order chi connectivity index (χ0) is 62.8. The van der Waals surface area contributed by atoms with Crippen LogP contribution in [0.15, 0.2) is 109 Å². The third-order valence-corrected chi connectivity index (χ3v) is 20.4. The Balaban J connectivity index is 0.000000165. The number of benzene rings is 6. The molecule has 6 atom stereocenters. The number of nitro benzene ring substituents is 1. The summed E-state index contributed by atoms with van der Waals surface area (Å²) in [7, 11) is 11.2. The van der Waals surface area contributed by atoms with Gasteiger partial charge in [0.2, 0.25) is 0 Å². The van der Waals surface area contributed by atoms with Crippen molar-refractivity contribution in [1.82, 2.24) is 39.2 Å². The third kappa shape index (κ3) is 10.5. The molecule has 0 unspecified atom stereocenters. The number of anilines is 3.